The third-order valence-corrected chi connectivity index (χ3v) is 3.30. The topological polar surface area (TPSA) is 68.0 Å². The first kappa shape index (κ1) is 16.6. The number of benzene rings is 1. The first-order valence-electron chi connectivity index (χ1n) is 6.93. The van der Waals surface area contributed by atoms with Crippen LogP contribution in [0.1, 0.15) is 12.5 Å². The van der Waals surface area contributed by atoms with Gasteiger partial charge >= 0.3 is 0 Å². The second kappa shape index (κ2) is 6.67. The standard InChI is InChI=1S/C15H10F4N6/c1-8(9-2-4-10(5-3-9)25-7-20-6-21-25)23-24-13-11(16)14(18)22-15(19)12(13)17/h2-7H,1H3,(H,22,24)/b23-8+. The molecule has 0 aliphatic carbocycles. The second-order valence-electron chi connectivity index (χ2n) is 4.89. The first-order chi connectivity index (χ1) is 12.0. The molecule has 0 saturated carbocycles. The van der Waals surface area contributed by atoms with Gasteiger partial charge in [0.2, 0.25) is 11.6 Å². The summed E-state index contributed by atoms with van der Waals surface area (Å²) in [6, 6.07) is 6.85. The van der Waals surface area contributed by atoms with E-state index in [-0.39, 0.29) is 0 Å². The minimum absolute atomic E-state index is 0.335. The number of hydrogen-bond donors (Lipinski definition) is 1. The summed E-state index contributed by atoms with van der Waals surface area (Å²) in [5.74, 6) is -6.83. The van der Waals surface area contributed by atoms with Crippen LogP contribution in [-0.2, 0) is 0 Å². The zero-order valence-electron chi connectivity index (χ0n) is 12.7. The minimum Gasteiger partial charge on any atom is -0.272 e. The third kappa shape index (κ3) is 3.32. The van der Waals surface area contributed by atoms with E-state index in [0.29, 0.717) is 11.3 Å². The molecule has 0 spiro atoms. The number of hydrazone groups is 1. The molecule has 0 amide bonds. The number of rotatable bonds is 4. The normalized spacial score (nSPS) is 11.6. The van der Waals surface area contributed by atoms with E-state index in [9.17, 15) is 17.6 Å². The van der Waals surface area contributed by atoms with Crippen molar-refractivity contribution in [2.45, 2.75) is 6.92 Å². The van der Waals surface area contributed by atoms with Crippen LogP contribution in [0.2, 0.25) is 0 Å². The van der Waals surface area contributed by atoms with Gasteiger partial charge in [-0.3, -0.25) is 5.43 Å². The number of halogens is 4. The maximum atomic E-state index is 13.5. The van der Waals surface area contributed by atoms with E-state index < -0.39 is 29.2 Å². The summed E-state index contributed by atoms with van der Waals surface area (Å²) in [6.45, 7) is 1.56. The molecule has 1 aromatic carbocycles. The molecule has 0 aliphatic heterocycles. The van der Waals surface area contributed by atoms with Crippen LogP contribution in [0.25, 0.3) is 5.69 Å². The van der Waals surface area contributed by atoms with Gasteiger partial charge in [-0.05, 0) is 24.6 Å². The summed E-state index contributed by atoms with van der Waals surface area (Å²) < 4.78 is 54.7. The van der Waals surface area contributed by atoms with Crippen LogP contribution in [0.15, 0.2) is 42.0 Å². The second-order valence-corrected chi connectivity index (χ2v) is 4.89. The van der Waals surface area contributed by atoms with Crippen molar-refractivity contribution in [3.05, 3.63) is 66.0 Å². The molecule has 2 aromatic heterocycles. The molecular weight excluding hydrogens is 340 g/mol. The summed E-state index contributed by atoms with van der Waals surface area (Å²) >= 11 is 0. The van der Waals surface area contributed by atoms with Gasteiger partial charge in [0.25, 0.3) is 11.9 Å². The van der Waals surface area contributed by atoms with Gasteiger partial charge in [0.1, 0.15) is 18.3 Å². The summed E-state index contributed by atoms with van der Waals surface area (Å²) in [5.41, 5.74) is 2.64. The summed E-state index contributed by atoms with van der Waals surface area (Å²) in [5, 5.41) is 7.73. The van der Waals surface area contributed by atoms with Crippen LogP contribution < -0.4 is 5.43 Å². The highest BCUT2D eigenvalue weighted by Crippen LogP contribution is 2.22. The Hall–Kier alpha value is -3.30. The molecule has 6 nitrogen and oxygen atoms in total. The van der Waals surface area contributed by atoms with Gasteiger partial charge in [0.05, 0.1) is 11.4 Å². The summed E-state index contributed by atoms with van der Waals surface area (Å²) in [6.07, 6.45) is 2.91. The van der Waals surface area contributed by atoms with E-state index in [1.54, 1.807) is 35.9 Å². The molecule has 0 saturated heterocycles. The van der Waals surface area contributed by atoms with Gasteiger partial charge in [-0.15, -0.1) is 0 Å². The summed E-state index contributed by atoms with van der Waals surface area (Å²) in [4.78, 5) is 6.30. The molecule has 0 fully saturated rings. The molecule has 25 heavy (non-hydrogen) atoms. The molecule has 10 heteroatoms. The SMILES string of the molecule is C/C(=N\Nc1c(F)c(F)nc(F)c1F)c1ccc(-n2cncn2)cc1. The van der Waals surface area contributed by atoms with Crippen LogP contribution >= 0.6 is 0 Å². The van der Waals surface area contributed by atoms with Crippen molar-refractivity contribution >= 4 is 11.4 Å². The average molecular weight is 350 g/mol. The Morgan fingerprint density at radius 3 is 2.24 bits per heavy atom. The van der Waals surface area contributed by atoms with Gasteiger partial charge in [0, 0.05) is 0 Å². The maximum absolute atomic E-state index is 13.5. The largest absolute Gasteiger partial charge is 0.272 e. The molecule has 2 heterocycles. The van der Waals surface area contributed by atoms with Gasteiger partial charge in [-0.2, -0.15) is 32.7 Å². The van der Waals surface area contributed by atoms with Gasteiger partial charge in [0.15, 0.2) is 0 Å². The molecule has 3 rings (SSSR count). The van der Waals surface area contributed by atoms with Crippen LogP contribution in [-0.4, -0.2) is 25.5 Å². The smallest absolute Gasteiger partial charge is 0.254 e. The molecule has 0 atom stereocenters. The highest BCUT2D eigenvalue weighted by atomic mass is 19.2. The first-order valence-corrected chi connectivity index (χ1v) is 6.93. The van der Waals surface area contributed by atoms with Gasteiger partial charge < -0.3 is 0 Å². The quantitative estimate of drug-likeness (QED) is 0.340. The van der Waals surface area contributed by atoms with Crippen molar-refractivity contribution in [1.82, 2.24) is 19.7 Å². The van der Waals surface area contributed by atoms with Crippen molar-refractivity contribution in [2.24, 2.45) is 5.10 Å². The molecule has 0 unspecified atom stereocenters. The number of hydrogen-bond acceptors (Lipinski definition) is 5. The van der Waals surface area contributed by atoms with Crippen molar-refractivity contribution in [1.29, 1.82) is 0 Å². The number of anilines is 1. The molecular formula is C15H10F4N6. The fourth-order valence-electron chi connectivity index (χ4n) is 1.99. The van der Waals surface area contributed by atoms with Crippen LogP contribution in [0.5, 0.6) is 0 Å². The zero-order chi connectivity index (χ0) is 18.0. The number of pyridine rings is 1. The van der Waals surface area contributed by atoms with E-state index >= 15 is 0 Å². The fraction of sp³-hybridized carbons (Fsp3) is 0.0667. The van der Waals surface area contributed by atoms with Crippen molar-refractivity contribution in [2.75, 3.05) is 5.43 Å². The highest BCUT2D eigenvalue weighted by Gasteiger charge is 2.20. The number of aromatic nitrogens is 4. The number of nitrogens with zero attached hydrogens (tertiary/aromatic N) is 5. The minimum atomic E-state index is -1.76. The van der Waals surface area contributed by atoms with Crippen molar-refractivity contribution in [3.63, 3.8) is 0 Å². The van der Waals surface area contributed by atoms with Crippen LogP contribution in [0, 0.1) is 23.5 Å². The predicted molar refractivity (Wildman–Crippen MR) is 81.3 cm³/mol. The monoisotopic (exact) mass is 350 g/mol. The van der Waals surface area contributed by atoms with Crippen molar-refractivity contribution in [3.8, 4) is 5.69 Å². The van der Waals surface area contributed by atoms with E-state index in [0.717, 1.165) is 5.69 Å². The van der Waals surface area contributed by atoms with Crippen LogP contribution in [0.3, 0.4) is 0 Å². The summed E-state index contributed by atoms with van der Waals surface area (Å²) in [7, 11) is 0. The molecule has 0 bridgehead atoms. The Labute approximate surface area is 138 Å². The van der Waals surface area contributed by atoms with E-state index in [1.165, 1.54) is 12.7 Å². The highest BCUT2D eigenvalue weighted by molar-refractivity contribution is 5.99. The zero-order valence-corrected chi connectivity index (χ0v) is 12.7. The Kier molecular flexibility index (Phi) is 4.42. The van der Waals surface area contributed by atoms with E-state index in [1.807, 2.05) is 5.43 Å². The third-order valence-electron chi connectivity index (χ3n) is 3.30. The Bertz CT molecular complexity index is 896. The van der Waals surface area contributed by atoms with Gasteiger partial charge in [-0.25, -0.2) is 9.67 Å². The lowest BCUT2D eigenvalue weighted by molar-refractivity contribution is 0.411. The lowest BCUT2D eigenvalue weighted by Gasteiger charge is -2.07. The van der Waals surface area contributed by atoms with Gasteiger partial charge in [-0.1, -0.05) is 12.1 Å². The fourth-order valence-corrected chi connectivity index (χ4v) is 1.99. The lowest BCUT2D eigenvalue weighted by atomic mass is 10.1. The number of nitrogens with one attached hydrogen (secondary N) is 1. The van der Waals surface area contributed by atoms with Crippen LogP contribution in [0.4, 0.5) is 23.2 Å². The molecule has 0 aliphatic rings. The molecule has 0 radical (unpaired) electrons. The predicted octanol–water partition coefficient (Wildman–Crippen LogP) is 3.05. The Balaban J connectivity index is 1.83. The Morgan fingerprint density at radius 2 is 1.68 bits per heavy atom. The Morgan fingerprint density at radius 1 is 1.04 bits per heavy atom. The van der Waals surface area contributed by atoms with E-state index in [4.69, 9.17) is 0 Å². The maximum Gasteiger partial charge on any atom is 0.254 e. The van der Waals surface area contributed by atoms with E-state index in [2.05, 4.69) is 20.2 Å². The molecule has 1 N–H and O–H groups in total. The average Bonchev–Trinajstić information content (AvgIpc) is 3.14. The molecule has 3 aromatic rings. The van der Waals surface area contributed by atoms with Crippen molar-refractivity contribution < 1.29 is 17.6 Å². The lowest BCUT2D eigenvalue weighted by Crippen LogP contribution is -2.08. The molecule has 128 valence electrons.